The quantitative estimate of drug-likeness (QED) is 0.144. The maximum Gasteiger partial charge on any atom is 0.508 e. The fourth-order valence-electron chi connectivity index (χ4n) is 4.08. The average Bonchev–Trinajstić information content (AvgIpc) is 3.04. The summed E-state index contributed by atoms with van der Waals surface area (Å²) in [5.41, 5.74) is 1.50. The van der Waals surface area contributed by atoms with Crippen LogP contribution in [0.2, 0.25) is 5.02 Å². The van der Waals surface area contributed by atoms with Crippen molar-refractivity contribution in [3.05, 3.63) is 103 Å². The zero-order valence-corrected chi connectivity index (χ0v) is 25.4. The first-order valence-corrected chi connectivity index (χ1v) is 14.4. The van der Waals surface area contributed by atoms with Crippen molar-refractivity contribution in [2.75, 3.05) is 33.0 Å². The van der Waals surface area contributed by atoms with Crippen LogP contribution in [0.3, 0.4) is 0 Å². The van der Waals surface area contributed by atoms with E-state index in [9.17, 15) is 19.8 Å². The lowest BCUT2D eigenvalue weighted by molar-refractivity contribution is -0.302. The second-order valence-electron chi connectivity index (χ2n) is 9.57. The molecule has 45 heavy (non-hydrogen) atoms. The van der Waals surface area contributed by atoms with Crippen LogP contribution in [0.25, 0.3) is 6.08 Å². The highest BCUT2D eigenvalue weighted by atomic mass is 35.5. The van der Waals surface area contributed by atoms with Gasteiger partial charge in [0.1, 0.15) is 44.7 Å². The molecule has 0 amide bonds. The standard InChI is InChI=1S/C33H37ClO11/c1-4-16-39-25-13-9-23(20-26(25)40-17-5-2)15-19-41-32-30(37)29(36)31(27(44-32)21-43-33(38)42-18-6-3)45-28(35)14-10-22-7-11-24(34)12-8-22/h4-14,20,27,29-32,36-37H,1-3,15-19,21H2/t27-,29-,30-,31-,32-/m1/s1. The Balaban J connectivity index is 1.67. The van der Waals surface area contributed by atoms with Gasteiger partial charge in [0.2, 0.25) is 0 Å². The summed E-state index contributed by atoms with van der Waals surface area (Å²) in [6.45, 7) is 10.8. The average molecular weight is 645 g/mol. The van der Waals surface area contributed by atoms with Crippen LogP contribution >= 0.6 is 11.6 Å². The molecule has 0 aromatic heterocycles. The van der Waals surface area contributed by atoms with Crippen molar-refractivity contribution in [3.63, 3.8) is 0 Å². The Morgan fingerprint density at radius 2 is 1.58 bits per heavy atom. The van der Waals surface area contributed by atoms with Gasteiger partial charge in [-0.2, -0.15) is 0 Å². The van der Waals surface area contributed by atoms with Gasteiger partial charge in [-0.15, -0.1) is 0 Å². The van der Waals surface area contributed by atoms with E-state index in [0.717, 1.165) is 11.6 Å². The Labute approximate surface area is 266 Å². The summed E-state index contributed by atoms with van der Waals surface area (Å²) >= 11 is 5.89. The summed E-state index contributed by atoms with van der Waals surface area (Å²) in [5, 5.41) is 22.3. The predicted octanol–water partition coefficient (Wildman–Crippen LogP) is 4.44. The first-order chi connectivity index (χ1) is 21.7. The van der Waals surface area contributed by atoms with Gasteiger partial charge < -0.3 is 43.4 Å². The largest absolute Gasteiger partial charge is 0.508 e. The monoisotopic (exact) mass is 644 g/mol. The van der Waals surface area contributed by atoms with Gasteiger partial charge in [0.25, 0.3) is 0 Å². The third-order valence-electron chi connectivity index (χ3n) is 6.25. The Kier molecular flexibility index (Phi) is 14.6. The molecule has 5 atom stereocenters. The van der Waals surface area contributed by atoms with Gasteiger partial charge in [-0.25, -0.2) is 9.59 Å². The molecule has 2 aromatic rings. The summed E-state index contributed by atoms with van der Waals surface area (Å²) in [4.78, 5) is 24.6. The number of aliphatic hydroxyl groups excluding tert-OH is 2. The number of carbonyl (C=O) groups is 2. The van der Waals surface area contributed by atoms with E-state index >= 15 is 0 Å². The molecule has 1 aliphatic heterocycles. The SMILES string of the molecule is C=CCOC(=O)OC[C@H]1O[C@@H](OCCc2ccc(OCC=C)c(OCC=C)c2)[C@H](O)[C@@H](O)[C@@H]1OC(=O)C=Cc1ccc(Cl)cc1. The molecule has 0 unspecified atom stereocenters. The fraction of sp³-hybridized carbons (Fsp3) is 0.333. The number of carbonyl (C=O) groups excluding carboxylic acids is 2. The molecule has 2 aromatic carbocycles. The van der Waals surface area contributed by atoms with Crippen LogP contribution in [0.1, 0.15) is 11.1 Å². The number of aliphatic hydroxyl groups is 2. The third kappa shape index (κ3) is 11.4. The Morgan fingerprint density at radius 3 is 2.27 bits per heavy atom. The molecule has 0 bridgehead atoms. The molecule has 3 rings (SSSR count). The predicted molar refractivity (Wildman–Crippen MR) is 166 cm³/mol. The molecular weight excluding hydrogens is 608 g/mol. The van der Waals surface area contributed by atoms with Gasteiger partial charge >= 0.3 is 12.1 Å². The van der Waals surface area contributed by atoms with E-state index in [1.165, 1.54) is 12.2 Å². The first-order valence-electron chi connectivity index (χ1n) is 14.0. The normalized spacial score (nSPS) is 21.0. The molecule has 0 aliphatic carbocycles. The van der Waals surface area contributed by atoms with Gasteiger partial charge in [-0.3, -0.25) is 0 Å². The van der Waals surface area contributed by atoms with Crippen LogP contribution in [0.5, 0.6) is 11.5 Å². The zero-order chi connectivity index (χ0) is 32.6. The van der Waals surface area contributed by atoms with Crippen LogP contribution in [0, 0.1) is 0 Å². The molecule has 11 nitrogen and oxygen atoms in total. The highest BCUT2D eigenvalue weighted by molar-refractivity contribution is 6.30. The van der Waals surface area contributed by atoms with E-state index in [0.29, 0.717) is 35.1 Å². The van der Waals surface area contributed by atoms with Crippen molar-refractivity contribution in [3.8, 4) is 11.5 Å². The lowest BCUT2D eigenvalue weighted by atomic mass is 9.99. The van der Waals surface area contributed by atoms with E-state index in [1.54, 1.807) is 48.6 Å². The third-order valence-corrected chi connectivity index (χ3v) is 6.51. The van der Waals surface area contributed by atoms with Gasteiger partial charge in [0, 0.05) is 11.1 Å². The van der Waals surface area contributed by atoms with Gasteiger partial charge in [0.15, 0.2) is 23.9 Å². The number of esters is 1. The van der Waals surface area contributed by atoms with E-state index < -0.39 is 49.4 Å². The van der Waals surface area contributed by atoms with Crippen molar-refractivity contribution in [1.82, 2.24) is 0 Å². The van der Waals surface area contributed by atoms with Crippen LogP contribution in [-0.2, 0) is 34.9 Å². The highest BCUT2D eigenvalue weighted by Crippen LogP contribution is 2.30. The van der Waals surface area contributed by atoms with Crippen molar-refractivity contribution in [1.29, 1.82) is 0 Å². The molecule has 1 saturated heterocycles. The maximum atomic E-state index is 12.6. The minimum absolute atomic E-state index is 0.0610. The van der Waals surface area contributed by atoms with Crippen molar-refractivity contribution < 1.29 is 53.0 Å². The molecule has 0 radical (unpaired) electrons. The maximum absolute atomic E-state index is 12.6. The molecular formula is C33H37ClO11. The Hall–Kier alpha value is -4.13. The van der Waals surface area contributed by atoms with Gasteiger partial charge in [0.05, 0.1) is 6.61 Å². The smallest absolute Gasteiger partial charge is 0.486 e. The summed E-state index contributed by atoms with van der Waals surface area (Å²) in [6.07, 6.45) is -0.655. The molecule has 0 saturated carbocycles. The van der Waals surface area contributed by atoms with Gasteiger partial charge in [-0.1, -0.05) is 67.8 Å². The summed E-state index contributed by atoms with van der Waals surface area (Å²) in [5.74, 6) is 0.209. The Bertz CT molecular complexity index is 1310. The zero-order valence-electron chi connectivity index (χ0n) is 24.6. The number of halogens is 1. The topological polar surface area (TPSA) is 139 Å². The number of hydrogen-bond donors (Lipinski definition) is 2. The minimum atomic E-state index is -1.64. The van der Waals surface area contributed by atoms with Crippen molar-refractivity contribution in [2.24, 2.45) is 0 Å². The van der Waals surface area contributed by atoms with Crippen LogP contribution in [0.15, 0.2) is 86.5 Å². The fourth-order valence-corrected chi connectivity index (χ4v) is 4.21. The molecule has 12 heteroatoms. The first kappa shape index (κ1) is 35.4. The second-order valence-corrected chi connectivity index (χ2v) is 10.0. The lowest BCUT2D eigenvalue weighted by Gasteiger charge is -2.41. The van der Waals surface area contributed by atoms with Crippen molar-refractivity contribution in [2.45, 2.75) is 37.1 Å². The second kappa shape index (κ2) is 18.6. The highest BCUT2D eigenvalue weighted by Gasteiger charge is 2.47. The molecule has 0 spiro atoms. The van der Waals surface area contributed by atoms with Crippen molar-refractivity contribution >= 4 is 29.8 Å². The number of ether oxygens (including phenoxy) is 7. The van der Waals surface area contributed by atoms with E-state index in [1.807, 2.05) is 6.07 Å². The van der Waals surface area contributed by atoms with E-state index in [4.69, 9.17) is 44.8 Å². The molecule has 242 valence electrons. The molecule has 2 N–H and O–H groups in total. The number of rotatable bonds is 17. The minimum Gasteiger partial charge on any atom is -0.486 e. The number of hydrogen-bond acceptors (Lipinski definition) is 11. The molecule has 1 aliphatic rings. The summed E-state index contributed by atoms with van der Waals surface area (Å²) < 4.78 is 38.2. The van der Waals surface area contributed by atoms with E-state index in [2.05, 4.69) is 19.7 Å². The van der Waals surface area contributed by atoms with E-state index in [-0.39, 0.29) is 19.8 Å². The summed E-state index contributed by atoms with van der Waals surface area (Å²) in [7, 11) is 0. The lowest BCUT2D eigenvalue weighted by Crippen LogP contribution is -2.60. The number of benzene rings is 2. The van der Waals surface area contributed by atoms with Gasteiger partial charge in [-0.05, 0) is 47.9 Å². The Morgan fingerprint density at radius 1 is 0.889 bits per heavy atom. The summed E-state index contributed by atoms with van der Waals surface area (Å²) in [6, 6.07) is 12.1. The molecule has 1 fully saturated rings. The molecule has 1 heterocycles. The van der Waals surface area contributed by atoms with Crippen LogP contribution in [0.4, 0.5) is 4.79 Å². The van der Waals surface area contributed by atoms with Crippen LogP contribution < -0.4 is 9.47 Å². The van der Waals surface area contributed by atoms with Crippen LogP contribution in [-0.4, -0.2) is 86.1 Å².